The van der Waals surface area contributed by atoms with Crippen molar-refractivity contribution in [1.29, 1.82) is 0 Å². The summed E-state index contributed by atoms with van der Waals surface area (Å²) in [5.41, 5.74) is 2.21. The van der Waals surface area contributed by atoms with Gasteiger partial charge < -0.3 is 9.64 Å². The predicted molar refractivity (Wildman–Crippen MR) is 113 cm³/mol. The Morgan fingerprint density at radius 1 is 0.900 bits per heavy atom. The highest BCUT2D eigenvalue weighted by molar-refractivity contribution is 5.76. The van der Waals surface area contributed by atoms with Crippen LogP contribution in [0.2, 0.25) is 0 Å². The summed E-state index contributed by atoms with van der Waals surface area (Å²) in [7, 11) is 1.38. The predicted octanol–water partition coefficient (Wildman–Crippen LogP) is 3.79. The van der Waals surface area contributed by atoms with Crippen LogP contribution in [0.15, 0.2) is 54.6 Å². The Bertz CT molecular complexity index is 818. The highest BCUT2D eigenvalue weighted by Gasteiger charge is 2.28. The highest BCUT2D eigenvalue weighted by atomic mass is 19.1. The maximum Gasteiger partial charge on any atom is 0.305 e. The fourth-order valence-corrected chi connectivity index (χ4v) is 3.93. The lowest BCUT2D eigenvalue weighted by molar-refractivity contribution is -0.141. The third kappa shape index (κ3) is 5.89. The summed E-state index contributed by atoms with van der Waals surface area (Å²) in [5, 5.41) is 0. The van der Waals surface area contributed by atoms with Crippen molar-refractivity contribution in [3.05, 3.63) is 71.5 Å². The van der Waals surface area contributed by atoms with Crippen LogP contribution in [0.4, 0.5) is 4.39 Å². The monoisotopic (exact) mass is 412 g/mol. The summed E-state index contributed by atoms with van der Waals surface area (Å²) in [6, 6.07) is 16.9. The van der Waals surface area contributed by atoms with Crippen LogP contribution >= 0.6 is 0 Å². The summed E-state index contributed by atoms with van der Waals surface area (Å²) in [5.74, 6) is -0.338. The lowest BCUT2D eigenvalue weighted by atomic mass is 9.96. The Morgan fingerprint density at radius 3 is 2.13 bits per heavy atom. The van der Waals surface area contributed by atoms with Crippen LogP contribution < -0.4 is 0 Å². The first-order valence-corrected chi connectivity index (χ1v) is 10.5. The van der Waals surface area contributed by atoms with Gasteiger partial charge in [0.2, 0.25) is 5.91 Å². The molecule has 0 bridgehead atoms. The van der Waals surface area contributed by atoms with E-state index in [2.05, 4.69) is 21.8 Å². The van der Waals surface area contributed by atoms with Crippen molar-refractivity contribution in [3.63, 3.8) is 0 Å². The number of nitrogens with zero attached hydrogens (tertiary/aromatic N) is 2. The van der Waals surface area contributed by atoms with Gasteiger partial charge in [0.05, 0.1) is 13.2 Å². The SMILES string of the molecule is COC(=O)CCCCC(=O)N1CCN(C(c2ccccc2)c2ccc(F)cc2)CC1. The number of piperazine rings is 1. The minimum absolute atomic E-state index is 0.0316. The number of halogens is 1. The first-order chi connectivity index (χ1) is 14.6. The van der Waals surface area contributed by atoms with Gasteiger partial charge in [-0.1, -0.05) is 42.5 Å². The fourth-order valence-electron chi connectivity index (χ4n) is 3.93. The Hall–Kier alpha value is -2.73. The smallest absolute Gasteiger partial charge is 0.305 e. The molecule has 2 aromatic rings. The third-order valence-corrected chi connectivity index (χ3v) is 5.58. The average Bonchev–Trinajstić information content (AvgIpc) is 2.79. The molecule has 1 fully saturated rings. The molecule has 0 aliphatic carbocycles. The second kappa shape index (κ2) is 10.9. The molecule has 5 nitrogen and oxygen atoms in total. The lowest BCUT2D eigenvalue weighted by Crippen LogP contribution is -2.49. The molecule has 0 aromatic heterocycles. The number of hydrogen-bond acceptors (Lipinski definition) is 4. The molecule has 1 atom stereocenters. The lowest BCUT2D eigenvalue weighted by Gasteiger charge is -2.40. The van der Waals surface area contributed by atoms with Crippen LogP contribution in [-0.2, 0) is 14.3 Å². The second-order valence-corrected chi connectivity index (χ2v) is 7.56. The standard InChI is InChI=1S/C24H29FN2O3/c1-30-23(29)10-6-5-9-22(28)26-15-17-27(18-16-26)24(19-7-3-2-4-8-19)20-11-13-21(25)14-12-20/h2-4,7-8,11-14,24H,5-6,9-10,15-18H2,1H3. The molecule has 1 heterocycles. The minimum Gasteiger partial charge on any atom is -0.469 e. The number of esters is 1. The van der Waals surface area contributed by atoms with Crippen molar-refractivity contribution in [3.8, 4) is 0 Å². The molecule has 1 saturated heterocycles. The molecule has 1 amide bonds. The number of benzene rings is 2. The van der Waals surface area contributed by atoms with E-state index in [-0.39, 0.29) is 23.7 Å². The van der Waals surface area contributed by atoms with Gasteiger partial charge in [-0.15, -0.1) is 0 Å². The molecule has 1 aliphatic rings. The number of carbonyl (C=O) groups is 2. The van der Waals surface area contributed by atoms with Crippen LogP contribution in [0.5, 0.6) is 0 Å². The van der Waals surface area contributed by atoms with Gasteiger partial charge in [-0.2, -0.15) is 0 Å². The van der Waals surface area contributed by atoms with Gasteiger partial charge in [0.25, 0.3) is 0 Å². The molecule has 0 radical (unpaired) electrons. The summed E-state index contributed by atoms with van der Waals surface area (Å²) >= 11 is 0. The van der Waals surface area contributed by atoms with E-state index in [4.69, 9.17) is 0 Å². The highest BCUT2D eigenvalue weighted by Crippen LogP contribution is 2.29. The van der Waals surface area contributed by atoms with E-state index in [0.29, 0.717) is 38.8 Å². The van der Waals surface area contributed by atoms with E-state index >= 15 is 0 Å². The van der Waals surface area contributed by atoms with Crippen LogP contribution in [-0.4, -0.2) is 55.0 Å². The largest absolute Gasteiger partial charge is 0.469 e. The number of hydrogen-bond donors (Lipinski definition) is 0. The van der Waals surface area contributed by atoms with Gasteiger partial charge in [-0.25, -0.2) is 4.39 Å². The van der Waals surface area contributed by atoms with Crippen molar-refractivity contribution in [2.45, 2.75) is 31.7 Å². The Kier molecular flexibility index (Phi) is 7.97. The maximum absolute atomic E-state index is 13.4. The van der Waals surface area contributed by atoms with E-state index in [1.54, 1.807) is 0 Å². The van der Waals surface area contributed by atoms with Gasteiger partial charge in [-0.05, 0) is 36.1 Å². The van der Waals surface area contributed by atoms with Gasteiger partial charge in [0, 0.05) is 39.0 Å². The zero-order chi connectivity index (χ0) is 21.3. The molecule has 0 spiro atoms. The molecular formula is C24H29FN2O3. The first-order valence-electron chi connectivity index (χ1n) is 10.5. The molecular weight excluding hydrogens is 383 g/mol. The molecule has 30 heavy (non-hydrogen) atoms. The van der Waals surface area contributed by atoms with Crippen molar-refractivity contribution < 1.29 is 18.7 Å². The molecule has 2 aromatic carbocycles. The number of methoxy groups -OCH3 is 1. The summed E-state index contributed by atoms with van der Waals surface area (Å²) < 4.78 is 18.1. The first kappa shape index (κ1) is 22.0. The number of ether oxygens (including phenoxy) is 1. The van der Waals surface area contributed by atoms with E-state index in [0.717, 1.165) is 24.2 Å². The molecule has 1 aliphatic heterocycles. The van der Waals surface area contributed by atoms with Gasteiger partial charge >= 0.3 is 5.97 Å². The Morgan fingerprint density at radius 2 is 1.50 bits per heavy atom. The Balaban J connectivity index is 1.59. The van der Waals surface area contributed by atoms with Crippen LogP contribution in [0.3, 0.4) is 0 Å². The second-order valence-electron chi connectivity index (χ2n) is 7.56. The zero-order valence-corrected chi connectivity index (χ0v) is 17.4. The molecule has 0 saturated carbocycles. The number of amides is 1. The summed E-state index contributed by atoms with van der Waals surface area (Å²) in [6.07, 6.45) is 2.17. The van der Waals surface area contributed by atoms with E-state index < -0.39 is 0 Å². The molecule has 160 valence electrons. The van der Waals surface area contributed by atoms with Crippen LogP contribution in [0.1, 0.15) is 42.9 Å². The van der Waals surface area contributed by atoms with Crippen molar-refractivity contribution in [1.82, 2.24) is 9.80 Å². The third-order valence-electron chi connectivity index (χ3n) is 5.58. The van der Waals surface area contributed by atoms with Crippen LogP contribution in [0, 0.1) is 5.82 Å². The number of rotatable bonds is 8. The van der Waals surface area contributed by atoms with Crippen molar-refractivity contribution in [2.24, 2.45) is 0 Å². The average molecular weight is 413 g/mol. The topological polar surface area (TPSA) is 49.9 Å². The van der Waals surface area contributed by atoms with Crippen LogP contribution in [0.25, 0.3) is 0 Å². The van der Waals surface area contributed by atoms with E-state index in [1.165, 1.54) is 19.2 Å². The quantitative estimate of drug-likeness (QED) is 0.489. The van der Waals surface area contributed by atoms with Crippen molar-refractivity contribution in [2.75, 3.05) is 33.3 Å². The maximum atomic E-state index is 13.4. The molecule has 3 rings (SSSR count). The number of carbonyl (C=O) groups excluding carboxylic acids is 2. The van der Waals surface area contributed by atoms with Crippen molar-refractivity contribution >= 4 is 11.9 Å². The van der Waals surface area contributed by atoms with E-state index in [9.17, 15) is 14.0 Å². The minimum atomic E-state index is -0.242. The van der Waals surface area contributed by atoms with Gasteiger partial charge in [-0.3, -0.25) is 14.5 Å². The fraction of sp³-hybridized carbons (Fsp3) is 0.417. The zero-order valence-electron chi connectivity index (χ0n) is 17.4. The van der Waals surface area contributed by atoms with Gasteiger partial charge in [0.1, 0.15) is 5.82 Å². The summed E-state index contributed by atoms with van der Waals surface area (Å²) in [4.78, 5) is 27.9. The van der Waals surface area contributed by atoms with E-state index in [1.807, 2.05) is 35.2 Å². The Labute approximate surface area is 177 Å². The normalized spacial score (nSPS) is 15.6. The molecule has 6 heteroatoms. The molecule has 0 N–H and O–H groups in total. The molecule has 1 unspecified atom stereocenters. The number of unbranched alkanes of at least 4 members (excludes halogenated alkanes) is 1. The van der Waals surface area contributed by atoms with Gasteiger partial charge in [0.15, 0.2) is 0 Å². The summed E-state index contributed by atoms with van der Waals surface area (Å²) in [6.45, 7) is 2.84.